The number of methoxy groups -OCH3 is 4. The molecule has 25 heavy (non-hydrogen) atoms. The summed E-state index contributed by atoms with van der Waals surface area (Å²) in [6, 6.07) is 10.8. The standard InChI is InChI=1S/C19H23NO5/c1-22-14-6-7-18(25-4)17(12-14)20-19(21)8-5-13-9-15(23-2)11-16(10-13)24-3/h6-7,9-12H,5,8H2,1-4H3,(H,20,21). The van der Waals surface area contributed by atoms with Crippen molar-refractivity contribution in [3.63, 3.8) is 0 Å². The number of carbonyl (C=O) groups excluding carboxylic acids is 1. The molecule has 0 saturated carbocycles. The fraction of sp³-hybridized carbons (Fsp3) is 0.316. The minimum atomic E-state index is -0.117. The Morgan fingerprint density at radius 3 is 2.04 bits per heavy atom. The summed E-state index contributed by atoms with van der Waals surface area (Å²) in [5.41, 5.74) is 1.54. The van der Waals surface area contributed by atoms with Crippen molar-refractivity contribution in [2.75, 3.05) is 33.8 Å². The fourth-order valence-corrected chi connectivity index (χ4v) is 2.39. The Bertz CT molecular complexity index is 707. The van der Waals surface area contributed by atoms with Crippen molar-refractivity contribution >= 4 is 11.6 Å². The van der Waals surface area contributed by atoms with Crippen LogP contribution in [0.4, 0.5) is 5.69 Å². The van der Waals surface area contributed by atoms with Crippen LogP contribution < -0.4 is 24.3 Å². The highest BCUT2D eigenvalue weighted by molar-refractivity contribution is 5.92. The summed E-state index contributed by atoms with van der Waals surface area (Å²) in [6.45, 7) is 0. The van der Waals surface area contributed by atoms with Crippen molar-refractivity contribution in [2.45, 2.75) is 12.8 Å². The third kappa shape index (κ3) is 5.04. The van der Waals surface area contributed by atoms with E-state index in [4.69, 9.17) is 18.9 Å². The van der Waals surface area contributed by atoms with E-state index in [1.54, 1.807) is 52.7 Å². The molecule has 0 radical (unpaired) electrons. The number of amides is 1. The SMILES string of the molecule is COc1cc(CCC(=O)Nc2cc(OC)ccc2OC)cc(OC)c1. The lowest BCUT2D eigenvalue weighted by Gasteiger charge is -2.12. The molecule has 2 aromatic carbocycles. The van der Waals surface area contributed by atoms with Crippen molar-refractivity contribution in [3.05, 3.63) is 42.0 Å². The van der Waals surface area contributed by atoms with Crippen LogP contribution in [0.1, 0.15) is 12.0 Å². The highest BCUT2D eigenvalue weighted by Crippen LogP contribution is 2.29. The second-order valence-corrected chi connectivity index (χ2v) is 5.34. The topological polar surface area (TPSA) is 66.0 Å². The quantitative estimate of drug-likeness (QED) is 0.795. The average molecular weight is 345 g/mol. The smallest absolute Gasteiger partial charge is 0.224 e. The summed E-state index contributed by atoms with van der Waals surface area (Å²) in [5, 5.41) is 2.86. The molecule has 6 nitrogen and oxygen atoms in total. The van der Waals surface area contributed by atoms with E-state index in [2.05, 4.69) is 5.32 Å². The molecule has 1 N–H and O–H groups in total. The molecule has 0 unspecified atom stereocenters. The molecule has 0 aliphatic heterocycles. The number of hydrogen-bond donors (Lipinski definition) is 1. The molecule has 2 aromatic rings. The normalized spacial score (nSPS) is 10.1. The van der Waals surface area contributed by atoms with E-state index in [0.717, 1.165) is 5.56 Å². The van der Waals surface area contributed by atoms with Crippen LogP contribution in [0.15, 0.2) is 36.4 Å². The van der Waals surface area contributed by atoms with Crippen LogP contribution in [0.2, 0.25) is 0 Å². The molecule has 6 heteroatoms. The van der Waals surface area contributed by atoms with Crippen molar-refractivity contribution in [1.29, 1.82) is 0 Å². The van der Waals surface area contributed by atoms with Crippen molar-refractivity contribution in [3.8, 4) is 23.0 Å². The Hall–Kier alpha value is -2.89. The van der Waals surface area contributed by atoms with Crippen molar-refractivity contribution in [1.82, 2.24) is 0 Å². The first-order valence-corrected chi connectivity index (χ1v) is 7.83. The van der Waals surface area contributed by atoms with E-state index >= 15 is 0 Å². The van der Waals surface area contributed by atoms with Crippen molar-refractivity contribution in [2.24, 2.45) is 0 Å². The first kappa shape index (κ1) is 18.4. The van der Waals surface area contributed by atoms with Gasteiger partial charge in [0.15, 0.2) is 0 Å². The highest BCUT2D eigenvalue weighted by Gasteiger charge is 2.10. The number of rotatable bonds is 8. The lowest BCUT2D eigenvalue weighted by atomic mass is 10.1. The van der Waals surface area contributed by atoms with Crippen molar-refractivity contribution < 1.29 is 23.7 Å². The third-order valence-corrected chi connectivity index (χ3v) is 3.73. The largest absolute Gasteiger partial charge is 0.497 e. The highest BCUT2D eigenvalue weighted by atomic mass is 16.5. The molecule has 0 aromatic heterocycles. The van der Waals surface area contributed by atoms with Crippen LogP contribution >= 0.6 is 0 Å². The van der Waals surface area contributed by atoms with Gasteiger partial charge < -0.3 is 24.3 Å². The van der Waals surface area contributed by atoms with Gasteiger partial charge in [-0.3, -0.25) is 4.79 Å². The predicted octanol–water partition coefficient (Wildman–Crippen LogP) is 3.29. The van der Waals surface area contributed by atoms with Gasteiger partial charge in [0, 0.05) is 18.6 Å². The molecule has 0 heterocycles. The molecule has 0 fully saturated rings. The van der Waals surface area contributed by atoms with Gasteiger partial charge in [-0.15, -0.1) is 0 Å². The van der Waals surface area contributed by atoms with Gasteiger partial charge in [0.05, 0.1) is 34.1 Å². The molecular formula is C19H23NO5. The van der Waals surface area contributed by atoms with E-state index < -0.39 is 0 Å². The zero-order valence-electron chi connectivity index (χ0n) is 14.9. The summed E-state index contributed by atoms with van der Waals surface area (Å²) >= 11 is 0. The van der Waals surface area contributed by atoms with Gasteiger partial charge in [0.25, 0.3) is 0 Å². The molecular weight excluding hydrogens is 322 g/mol. The first-order chi connectivity index (χ1) is 12.1. The van der Waals surface area contributed by atoms with Gasteiger partial charge >= 0.3 is 0 Å². The van der Waals surface area contributed by atoms with E-state index in [0.29, 0.717) is 41.5 Å². The second kappa shape index (κ2) is 8.82. The van der Waals surface area contributed by atoms with Gasteiger partial charge in [0.1, 0.15) is 23.0 Å². The maximum absolute atomic E-state index is 12.3. The Morgan fingerprint density at radius 2 is 1.48 bits per heavy atom. The second-order valence-electron chi connectivity index (χ2n) is 5.34. The molecule has 1 amide bonds. The summed E-state index contributed by atoms with van der Waals surface area (Å²) in [7, 11) is 6.32. The molecule has 0 bridgehead atoms. The van der Waals surface area contributed by atoms with Crippen LogP contribution in [0.5, 0.6) is 23.0 Å². The molecule has 0 aliphatic rings. The Balaban J connectivity index is 2.04. The third-order valence-electron chi connectivity index (χ3n) is 3.73. The molecule has 0 spiro atoms. The monoisotopic (exact) mass is 345 g/mol. The average Bonchev–Trinajstić information content (AvgIpc) is 2.65. The molecule has 2 rings (SSSR count). The Morgan fingerprint density at radius 1 is 0.840 bits per heavy atom. The zero-order chi connectivity index (χ0) is 18.2. The number of hydrogen-bond acceptors (Lipinski definition) is 5. The zero-order valence-corrected chi connectivity index (χ0v) is 14.9. The van der Waals surface area contributed by atoms with Gasteiger partial charge in [0.2, 0.25) is 5.91 Å². The Labute approximate surface area is 147 Å². The number of benzene rings is 2. The number of aryl methyl sites for hydroxylation is 1. The van der Waals surface area contributed by atoms with Gasteiger partial charge in [-0.1, -0.05) is 0 Å². The summed E-state index contributed by atoms with van der Waals surface area (Å²) in [4.78, 5) is 12.3. The van der Waals surface area contributed by atoms with Gasteiger partial charge in [-0.25, -0.2) is 0 Å². The van der Waals surface area contributed by atoms with Crippen LogP contribution in [-0.4, -0.2) is 34.3 Å². The summed E-state index contributed by atoms with van der Waals surface area (Å²) < 4.78 is 20.9. The maximum atomic E-state index is 12.3. The van der Waals surface area contributed by atoms with Gasteiger partial charge in [-0.2, -0.15) is 0 Å². The number of ether oxygens (including phenoxy) is 4. The molecule has 0 saturated heterocycles. The summed E-state index contributed by atoms with van der Waals surface area (Å²) in [5.74, 6) is 2.51. The maximum Gasteiger partial charge on any atom is 0.224 e. The molecule has 0 aliphatic carbocycles. The van der Waals surface area contributed by atoms with Crippen LogP contribution in [-0.2, 0) is 11.2 Å². The Kier molecular flexibility index (Phi) is 6.51. The molecule has 0 atom stereocenters. The fourth-order valence-electron chi connectivity index (χ4n) is 2.39. The van der Waals surface area contributed by atoms with Crippen LogP contribution in [0.25, 0.3) is 0 Å². The summed E-state index contributed by atoms with van der Waals surface area (Å²) in [6.07, 6.45) is 0.877. The van der Waals surface area contributed by atoms with Crippen LogP contribution in [0.3, 0.4) is 0 Å². The van der Waals surface area contributed by atoms with Crippen LogP contribution in [0, 0.1) is 0 Å². The van der Waals surface area contributed by atoms with E-state index in [1.165, 1.54) is 0 Å². The minimum absolute atomic E-state index is 0.117. The lowest BCUT2D eigenvalue weighted by molar-refractivity contribution is -0.116. The number of carbonyl (C=O) groups is 1. The number of nitrogens with one attached hydrogen (secondary N) is 1. The van der Waals surface area contributed by atoms with E-state index in [1.807, 2.05) is 12.1 Å². The lowest BCUT2D eigenvalue weighted by Crippen LogP contribution is -2.13. The van der Waals surface area contributed by atoms with E-state index in [-0.39, 0.29) is 5.91 Å². The number of anilines is 1. The first-order valence-electron chi connectivity index (χ1n) is 7.83. The van der Waals surface area contributed by atoms with E-state index in [9.17, 15) is 4.79 Å². The van der Waals surface area contributed by atoms with Gasteiger partial charge in [-0.05, 0) is 36.2 Å². The minimum Gasteiger partial charge on any atom is -0.497 e. The predicted molar refractivity (Wildman–Crippen MR) is 96.0 cm³/mol. The molecule has 134 valence electrons.